The molecule has 0 spiro atoms. The minimum absolute atomic E-state index is 0.251. The van der Waals surface area contributed by atoms with Gasteiger partial charge in [-0.05, 0) is 32.7 Å². The van der Waals surface area contributed by atoms with E-state index in [4.69, 9.17) is 11.6 Å². The van der Waals surface area contributed by atoms with E-state index in [9.17, 15) is 5.11 Å². The normalized spacial score (nSPS) is 21.8. The number of aliphatic hydroxyl groups excluding tert-OH is 1. The molecular weight excluding hydrogens is 282 g/mol. The molecule has 19 heavy (non-hydrogen) atoms. The van der Waals surface area contributed by atoms with Crippen molar-refractivity contribution in [1.82, 2.24) is 14.7 Å². The van der Waals surface area contributed by atoms with Crippen LogP contribution in [0.2, 0.25) is 5.02 Å². The van der Waals surface area contributed by atoms with Gasteiger partial charge in [0.25, 0.3) is 0 Å². The molecule has 1 aromatic rings. The largest absolute Gasteiger partial charge is 0.386 e. The van der Waals surface area contributed by atoms with E-state index in [1.807, 2.05) is 30.5 Å². The fourth-order valence-electron chi connectivity index (χ4n) is 2.33. The van der Waals surface area contributed by atoms with Gasteiger partial charge in [-0.3, -0.25) is 4.68 Å². The van der Waals surface area contributed by atoms with Gasteiger partial charge in [0.2, 0.25) is 0 Å². The van der Waals surface area contributed by atoms with Gasteiger partial charge < -0.3 is 10.0 Å². The van der Waals surface area contributed by atoms with Crippen LogP contribution < -0.4 is 0 Å². The average Bonchev–Trinajstić information content (AvgIpc) is 2.78. The topological polar surface area (TPSA) is 41.3 Å². The number of aromatic nitrogens is 2. The van der Waals surface area contributed by atoms with Gasteiger partial charge >= 0.3 is 0 Å². The van der Waals surface area contributed by atoms with E-state index in [-0.39, 0.29) is 5.25 Å². The van der Waals surface area contributed by atoms with E-state index < -0.39 is 6.10 Å². The van der Waals surface area contributed by atoms with Crippen molar-refractivity contribution in [2.45, 2.75) is 37.2 Å². The van der Waals surface area contributed by atoms with E-state index in [2.05, 4.69) is 10.00 Å². The van der Waals surface area contributed by atoms with Crippen LogP contribution in [-0.2, 0) is 6.54 Å². The first-order chi connectivity index (χ1) is 9.09. The Kier molecular flexibility index (Phi) is 5.57. The highest BCUT2D eigenvalue weighted by atomic mass is 35.5. The number of nitrogens with zero attached hydrogens (tertiary/aromatic N) is 3. The minimum Gasteiger partial charge on any atom is -0.386 e. The van der Waals surface area contributed by atoms with Crippen molar-refractivity contribution in [2.75, 3.05) is 26.4 Å². The molecule has 1 N–H and O–H groups in total. The van der Waals surface area contributed by atoms with E-state index in [1.54, 1.807) is 6.20 Å². The molecule has 0 amide bonds. The lowest BCUT2D eigenvalue weighted by molar-refractivity contribution is 0.156. The van der Waals surface area contributed by atoms with Gasteiger partial charge in [-0.15, -0.1) is 0 Å². The zero-order chi connectivity index (χ0) is 13.8. The summed E-state index contributed by atoms with van der Waals surface area (Å²) in [6, 6.07) is 0. The molecule has 1 saturated heterocycles. The number of hydrogen-bond acceptors (Lipinski definition) is 4. The van der Waals surface area contributed by atoms with Crippen LogP contribution in [0.25, 0.3) is 0 Å². The highest BCUT2D eigenvalue weighted by molar-refractivity contribution is 7.99. The Labute approximate surface area is 124 Å². The van der Waals surface area contributed by atoms with Gasteiger partial charge in [0, 0.05) is 11.8 Å². The monoisotopic (exact) mass is 303 g/mol. The Hall–Kier alpha value is -0.230. The van der Waals surface area contributed by atoms with Gasteiger partial charge in [-0.25, -0.2) is 0 Å². The van der Waals surface area contributed by atoms with Crippen LogP contribution in [0.5, 0.6) is 0 Å². The fourth-order valence-corrected chi connectivity index (χ4v) is 3.90. The van der Waals surface area contributed by atoms with Crippen LogP contribution in [0.15, 0.2) is 6.20 Å². The summed E-state index contributed by atoms with van der Waals surface area (Å²) in [5.74, 6) is 1.13. The van der Waals surface area contributed by atoms with E-state index in [0.29, 0.717) is 5.02 Å². The molecule has 2 rings (SSSR count). The molecule has 6 heteroatoms. The fraction of sp³-hybridized carbons (Fsp3) is 0.769. The summed E-state index contributed by atoms with van der Waals surface area (Å²) >= 11 is 8.06. The third-order valence-electron chi connectivity index (χ3n) is 3.44. The van der Waals surface area contributed by atoms with Crippen molar-refractivity contribution in [1.29, 1.82) is 0 Å². The summed E-state index contributed by atoms with van der Waals surface area (Å²) in [4.78, 5) is 2.10. The minimum atomic E-state index is -0.512. The molecule has 2 unspecified atom stereocenters. The summed E-state index contributed by atoms with van der Waals surface area (Å²) in [6.45, 7) is 1.64. The van der Waals surface area contributed by atoms with Crippen LogP contribution in [0.1, 0.15) is 31.1 Å². The third kappa shape index (κ3) is 3.88. The summed E-state index contributed by atoms with van der Waals surface area (Å²) in [5, 5.41) is 15.7. The molecule has 4 nitrogen and oxygen atoms in total. The molecule has 2 heterocycles. The molecule has 1 fully saturated rings. The molecule has 1 aromatic heterocycles. The molecule has 0 radical (unpaired) electrons. The summed E-state index contributed by atoms with van der Waals surface area (Å²) in [7, 11) is 4.05. The number of aliphatic hydroxyl groups is 1. The molecule has 2 atom stereocenters. The summed E-state index contributed by atoms with van der Waals surface area (Å²) < 4.78 is 1.85. The Morgan fingerprint density at radius 3 is 3.00 bits per heavy atom. The molecule has 0 aliphatic carbocycles. The Morgan fingerprint density at radius 2 is 2.37 bits per heavy atom. The van der Waals surface area contributed by atoms with Crippen LogP contribution >= 0.6 is 23.4 Å². The van der Waals surface area contributed by atoms with Gasteiger partial charge in [0.15, 0.2) is 0 Å². The number of rotatable bonds is 5. The predicted molar refractivity (Wildman–Crippen MR) is 80.8 cm³/mol. The maximum Gasteiger partial charge on any atom is 0.109 e. The first-order valence-corrected chi connectivity index (χ1v) is 8.18. The quantitative estimate of drug-likeness (QED) is 0.907. The zero-order valence-corrected chi connectivity index (χ0v) is 13.1. The highest BCUT2D eigenvalue weighted by Crippen LogP contribution is 2.36. The molecular formula is C13H22ClN3OS. The first-order valence-electron chi connectivity index (χ1n) is 6.75. The molecule has 1 aliphatic heterocycles. The highest BCUT2D eigenvalue weighted by Gasteiger charge is 2.28. The molecule has 1 aliphatic rings. The predicted octanol–water partition coefficient (Wildman–Crippen LogP) is 2.42. The Morgan fingerprint density at radius 1 is 1.58 bits per heavy atom. The SMILES string of the molecule is CN(C)CCn1ncc(Cl)c1C(O)C1CCCCS1. The van der Waals surface area contributed by atoms with E-state index >= 15 is 0 Å². The smallest absolute Gasteiger partial charge is 0.109 e. The van der Waals surface area contributed by atoms with E-state index in [0.717, 1.165) is 31.0 Å². The van der Waals surface area contributed by atoms with E-state index in [1.165, 1.54) is 12.8 Å². The van der Waals surface area contributed by atoms with Crippen LogP contribution in [0.4, 0.5) is 0 Å². The number of thioether (sulfide) groups is 1. The van der Waals surface area contributed by atoms with Crippen LogP contribution in [0, 0.1) is 0 Å². The Balaban J connectivity index is 2.10. The van der Waals surface area contributed by atoms with Crippen LogP contribution in [-0.4, -0.2) is 51.4 Å². The second-order valence-corrected chi connectivity index (χ2v) is 7.01. The molecule has 0 aromatic carbocycles. The van der Waals surface area contributed by atoms with Crippen molar-refractivity contribution < 1.29 is 5.11 Å². The molecule has 0 bridgehead atoms. The van der Waals surface area contributed by atoms with Crippen molar-refractivity contribution in [2.24, 2.45) is 0 Å². The van der Waals surface area contributed by atoms with Gasteiger partial charge in [-0.1, -0.05) is 18.0 Å². The maximum absolute atomic E-state index is 10.6. The number of halogens is 1. The Bertz CT molecular complexity index is 405. The van der Waals surface area contributed by atoms with Gasteiger partial charge in [-0.2, -0.15) is 16.9 Å². The summed E-state index contributed by atoms with van der Waals surface area (Å²) in [6.07, 6.45) is 4.63. The van der Waals surface area contributed by atoms with Crippen LogP contribution in [0.3, 0.4) is 0 Å². The van der Waals surface area contributed by atoms with Gasteiger partial charge in [0.1, 0.15) is 6.10 Å². The second-order valence-electron chi connectivity index (χ2n) is 5.25. The van der Waals surface area contributed by atoms with Gasteiger partial charge in [0.05, 0.1) is 23.5 Å². The number of hydrogen-bond donors (Lipinski definition) is 1. The molecule has 108 valence electrons. The molecule has 0 saturated carbocycles. The van der Waals surface area contributed by atoms with Crippen molar-refractivity contribution in [3.8, 4) is 0 Å². The second kappa shape index (κ2) is 6.97. The van der Waals surface area contributed by atoms with Crippen molar-refractivity contribution in [3.05, 3.63) is 16.9 Å². The average molecular weight is 304 g/mol. The summed E-state index contributed by atoms with van der Waals surface area (Å²) in [5.41, 5.74) is 0.780. The lowest BCUT2D eigenvalue weighted by Gasteiger charge is -2.27. The van der Waals surface area contributed by atoms with Crippen molar-refractivity contribution >= 4 is 23.4 Å². The number of likely N-dealkylation sites (N-methyl/N-ethyl adjacent to an activating group) is 1. The standard InChI is InChI=1S/C13H22ClN3OS/c1-16(2)6-7-17-12(10(14)9-15-17)13(18)11-5-3-4-8-19-11/h9,11,13,18H,3-8H2,1-2H3. The van der Waals surface area contributed by atoms with Crippen molar-refractivity contribution in [3.63, 3.8) is 0 Å². The third-order valence-corrected chi connectivity index (χ3v) is 5.18. The zero-order valence-electron chi connectivity index (χ0n) is 11.5. The lowest BCUT2D eigenvalue weighted by atomic mass is 10.1. The lowest BCUT2D eigenvalue weighted by Crippen LogP contribution is -2.25. The first kappa shape index (κ1) is 15.2. The maximum atomic E-state index is 10.6.